The maximum atomic E-state index is 10.0. The zero-order valence-corrected chi connectivity index (χ0v) is 9.50. The molecule has 1 saturated carbocycles. The van der Waals surface area contributed by atoms with Gasteiger partial charge in [0, 0.05) is 10.6 Å². The van der Waals surface area contributed by atoms with E-state index in [1.54, 1.807) is 12.1 Å². The van der Waals surface area contributed by atoms with Gasteiger partial charge in [-0.3, -0.25) is 0 Å². The van der Waals surface area contributed by atoms with Gasteiger partial charge in [0.15, 0.2) is 0 Å². The van der Waals surface area contributed by atoms with Crippen molar-refractivity contribution in [3.8, 4) is 5.75 Å². The minimum absolute atomic E-state index is 0.399. The molecule has 0 aromatic heterocycles. The zero-order chi connectivity index (χ0) is 10.8. The van der Waals surface area contributed by atoms with E-state index in [-0.39, 0.29) is 0 Å². The van der Waals surface area contributed by atoms with Crippen LogP contribution < -0.4 is 4.74 Å². The van der Waals surface area contributed by atoms with Crippen LogP contribution in [0.2, 0.25) is 5.02 Å². The van der Waals surface area contributed by atoms with Crippen molar-refractivity contribution in [2.75, 3.05) is 6.61 Å². The highest BCUT2D eigenvalue weighted by molar-refractivity contribution is 6.30. The Labute approximate surface area is 94.8 Å². The van der Waals surface area contributed by atoms with Crippen LogP contribution in [-0.2, 0) is 0 Å². The minimum Gasteiger partial charge on any atom is -0.493 e. The summed E-state index contributed by atoms with van der Waals surface area (Å²) in [6.45, 7) is 2.51. The molecule has 1 unspecified atom stereocenters. The number of aliphatic hydroxyl groups excluding tert-OH is 1. The Morgan fingerprint density at radius 3 is 2.87 bits per heavy atom. The maximum Gasteiger partial charge on any atom is 0.126 e. The molecule has 2 rings (SSSR count). The van der Waals surface area contributed by atoms with Gasteiger partial charge in [-0.1, -0.05) is 17.7 Å². The van der Waals surface area contributed by atoms with Crippen molar-refractivity contribution in [2.24, 2.45) is 5.92 Å². The van der Waals surface area contributed by atoms with Gasteiger partial charge in [-0.05, 0) is 37.8 Å². The van der Waals surface area contributed by atoms with E-state index in [0.717, 1.165) is 18.4 Å². The number of aliphatic hydroxyl groups is 1. The molecule has 0 amide bonds. The van der Waals surface area contributed by atoms with E-state index in [1.165, 1.54) is 0 Å². The Hall–Kier alpha value is -0.730. The van der Waals surface area contributed by atoms with Crippen molar-refractivity contribution in [2.45, 2.75) is 25.9 Å². The van der Waals surface area contributed by atoms with Crippen LogP contribution >= 0.6 is 11.6 Å². The predicted molar refractivity (Wildman–Crippen MR) is 60.3 cm³/mol. The number of halogens is 1. The van der Waals surface area contributed by atoms with Crippen molar-refractivity contribution < 1.29 is 9.84 Å². The number of hydrogen-bond donors (Lipinski definition) is 1. The van der Waals surface area contributed by atoms with Crippen LogP contribution in [-0.4, -0.2) is 11.7 Å². The molecule has 0 aliphatic heterocycles. The van der Waals surface area contributed by atoms with Crippen molar-refractivity contribution in [1.82, 2.24) is 0 Å². The third-order valence-corrected chi connectivity index (χ3v) is 2.90. The first-order valence-electron chi connectivity index (χ1n) is 5.32. The fourth-order valence-corrected chi connectivity index (χ4v) is 1.86. The Morgan fingerprint density at radius 1 is 1.53 bits per heavy atom. The van der Waals surface area contributed by atoms with E-state index >= 15 is 0 Å². The summed E-state index contributed by atoms with van der Waals surface area (Å²) < 4.78 is 5.47. The van der Waals surface area contributed by atoms with Gasteiger partial charge in [0.1, 0.15) is 5.75 Å². The molecule has 1 aromatic rings. The molecule has 0 radical (unpaired) electrons. The summed E-state index contributed by atoms with van der Waals surface area (Å²) in [7, 11) is 0. The lowest BCUT2D eigenvalue weighted by Crippen LogP contribution is -2.04. The summed E-state index contributed by atoms with van der Waals surface area (Å²) in [4.78, 5) is 0. The second kappa shape index (κ2) is 4.42. The molecule has 1 fully saturated rings. The van der Waals surface area contributed by atoms with Gasteiger partial charge in [-0.25, -0.2) is 0 Å². The Kier molecular flexibility index (Phi) is 3.17. The summed E-state index contributed by atoms with van der Waals surface area (Å²) in [5.74, 6) is 1.12. The fourth-order valence-electron chi connectivity index (χ4n) is 1.70. The molecule has 1 aliphatic rings. The maximum absolute atomic E-state index is 10.0. The molecular formula is C12H15ClO2. The fraction of sp³-hybridized carbons (Fsp3) is 0.500. The quantitative estimate of drug-likeness (QED) is 0.855. The van der Waals surface area contributed by atoms with Gasteiger partial charge in [-0.15, -0.1) is 0 Å². The Balaban J connectivity index is 2.27. The third-order valence-electron chi connectivity index (χ3n) is 2.66. The number of rotatable bonds is 4. The van der Waals surface area contributed by atoms with Crippen molar-refractivity contribution in [3.05, 3.63) is 28.8 Å². The zero-order valence-electron chi connectivity index (χ0n) is 8.74. The summed E-state index contributed by atoms with van der Waals surface area (Å²) in [6, 6.07) is 5.42. The lowest BCUT2D eigenvalue weighted by molar-refractivity contribution is 0.148. The first kappa shape index (κ1) is 10.8. The Morgan fingerprint density at radius 2 is 2.27 bits per heavy atom. The summed E-state index contributed by atoms with van der Waals surface area (Å²) >= 11 is 5.89. The normalized spacial score (nSPS) is 17.5. The number of hydrogen-bond acceptors (Lipinski definition) is 2. The van der Waals surface area contributed by atoms with Crippen LogP contribution in [0.5, 0.6) is 5.75 Å². The standard InChI is InChI=1S/C12H15ClO2/c1-2-15-11-7-9(13)5-6-10(11)12(14)8-3-4-8/h5-8,12,14H,2-4H2,1H3. The van der Waals surface area contributed by atoms with E-state index in [4.69, 9.17) is 16.3 Å². The van der Waals surface area contributed by atoms with Gasteiger partial charge in [-0.2, -0.15) is 0 Å². The molecule has 0 heterocycles. The average molecular weight is 227 g/mol. The van der Waals surface area contributed by atoms with Gasteiger partial charge < -0.3 is 9.84 Å². The summed E-state index contributed by atoms with van der Waals surface area (Å²) in [6.07, 6.45) is 1.81. The molecule has 0 saturated heterocycles. The summed E-state index contributed by atoms with van der Waals surface area (Å²) in [5.41, 5.74) is 0.865. The molecule has 82 valence electrons. The van der Waals surface area contributed by atoms with Crippen molar-refractivity contribution >= 4 is 11.6 Å². The number of benzene rings is 1. The highest BCUT2D eigenvalue weighted by atomic mass is 35.5. The van der Waals surface area contributed by atoms with Gasteiger partial charge in [0.05, 0.1) is 12.7 Å². The van der Waals surface area contributed by atoms with E-state index < -0.39 is 6.10 Å². The molecule has 1 atom stereocenters. The molecule has 15 heavy (non-hydrogen) atoms. The SMILES string of the molecule is CCOc1cc(Cl)ccc1C(O)C1CC1. The van der Waals surface area contributed by atoms with Crippen LogP contribution in [0, 0.1) is 5.92 Å². The van der Waals surface area contributed by atoms with Crippen LogP contribution in [0.15, 0.2) is 18.2 Å². The average Bonchev–Trinajstić information content (AvgIpc) is 3.01. The molecule has 1 aromatic carbocycles. The molecule has 1 N–H and O–H groups in total. The molecule has 1 aliphatic carbocycles. The molecule has 2 nitrogen and oxygen atoms in total. The van der Waals surface area contributed by atoms with Gasteiger partial charge in [0.2, 0.25) is 0 Å². The minimum atomic E-state index is -0.399. The van der Waals surface area contributed by atoms with Gasteiger partial charge >= 0.3 is 0 Å². The summed E-state index contributed by atoms with van der Waals surface area (Å²) in [5, 5.41) is 10.7. The first-order valence-corrected chi connectivity index (χ1v) is 5.70. The van der Waals surface area contributed by atoms with Crippen LogP contribution in [0.4, 0.5) is 0 Å². The monoisotopic (exact) mass is 226 g/mol. The lowest BCUT2D eigenvalue weighted by atomic mass is 10.0. The number of ether oxygens (including phenoxy) is 1. The van der Waals surface area contributed by atoms with Crippen molar-refractivity contribution in [1.29, 1.82) is 0 Å². The van der Waals surface area contributed by atoms with E-state index in [2.05, 4.69) is 0 Å². The predicted octanol–water partition coefficient (Wildman–Crippen LogP) is 3.18. The smallest absolute Gasteiger partial charge is 0.126 e. The first-order chi connectivity index (χ1) is 7.22. The molecule has 3 heteroatoms. The second-order valence-corrected chi connectivity index (χ2v) is 4.33. The van der Waals surface area contributed by atoms with E-state index in [1.807, 2.05) is 13.0 Å². The van der Waals surface area contributed by atoms with Crippen LogP contribution in [0.1, 0.15) is 31.4 Å². The van der Waals surface area contributed by atoms with E-state index in [9.17, 15) is 5.11 Å². The van der Waals surface area contributed by atoms with E-state index in [0.29, 0.717) is 23.3 Å². The molecule has 0 spiro atoms. The van der Waals surface area contributed by atoms with Gasteiger partial charge in [0.25, 0.3) is 0 Å². The lowest BCUT2D eigenvalue weighted by Gasteiger charge is -2.15. The Bertz CT molecular complexity index is 347. The second-order valence-electron chi connectivity index (χ2n) is 3.90. The highest BCUT2D eigenvalue weighted by Crippen LogP contribution is 2.43. The third kappa shape index (κ3) is 2.44. The van der Waals surface area contributed by atoms with Crippen molar-refractivity contribution in [3.63, 3.8) is 0 Å². The van der Waals surface area contributed by atoms with Crippen LogP contribution in [0.25, 0.3) is 0 Å². The topological polar surface area (TPSA) is 29.5 Å². The molecular weight excluding hydrogens is 212 g/mol. The molecule has 0 bridgehead atoms. The largest absolute Gasteiger partial charge is 0.493 e. The van der Waals surface area contributed by atoms with Crippen LogP contribution in [0.3, 0.4) is 0 Å². The highest BCUT2D eigenvalue weighted by Gasteiger charge is 2.32.